The molecule has 0 heteroatoms. The Morgan fingerprint density at radius 3 is 1.37 bits per heavy atom. The van der Waals surface area contributed by atoms with Crippen LogP contribution < -0.4 is 0 Å². The summed E-state index contributed by atoms with van der Waals surface area (Å²) < 4.78 is 0. The summed E-state index contributed by atoms with van der Waals surface area (Å²) in [6, 6.07) is 77.3. The maximum Gasteiger partial charge on any atom is 0.0355 e. The van der Waals surface area contributed by atoms with Gasteiger partial charge in [0, 0.05) is 17.3 Å². The van der Waals surface area contributed by atoms with Crippen LogP contribution in [0, 0.1) is 0 Å². The predicted molar refractivity (Wildman–Crippen MR) is 246 cm³/mol. The zero-order chi connectivity index (χ0) is 39.2. The van der Waals surface area contributed by atoms with Gasteiger partial charge in [-0.2, -0.15) is 0 Å². The van der Waals surface area contributed by atoms with Crippen molar-refractivity contribution < 1.29 is 0 Å². The molecule has 3 aliphatic rings. The minimum atomic E-state index is -0.115. The molecule has 9 aromatic carbocycles. The molecule has 0 saturated carbocycles. The molecule has 0 amide bonds. The molecule has 0 nitrogen and oxygen atoms in total. The first-order valence-electron chi connectivity index (χ1n) is 21.0. The number of fused-ring (bicyclic) bond motifs is 10. The fraction of sp³-hybridized carbons (Fsp3) is 0.0847. The average Bonchev–Trinajstić information content (AvgIpc) is 3.89. The smallest absolute Gasteiger partial charge is 0.0355 e. The number of benzene rings is 9. The molecule has 278 valence electrons. The van der Waals surface area contributed by atoms with E-state index in [-0.39, 0.29) is 17.3 Å². The fourth-order valence-electron chi connectivity index (χ4n) is 10.9. The van der Waals surface area contributed by atoms with Gasteiger partial charge in [-0.25, -0.2) is 0 Å². The van der Waals surface area contributed by atoms with Gasteiger partial charge in [-0.15, -0.1) is 0 Å². The second kappa shape index (κ2) is 13.0. The van der Waals surface area contributed by atoms with Crippen molar-refractivity contribution in [1.82, 2.24) is 0 Å². The topological polar surface area (TPSA) is 0 Å². The molecule has 59 heavy (non-hydrogen) atoms. The van der Waals surface area contributed by atoms with Crippen LogP contribution in [0.5, 0.6) is 0 Å². The highest BCUT2D eigenvalue weighted by Gasteiger charge is 2.43. The predicted octanol–water partition coefficient (Wildman–Crippen LogP) is 15.3. The number of hydrogen-bond acceptors (Lipinski definition) is 0. The highest BCUT2D eigenvalue weighted by atomic mass is 14.5. The summed E-state index contributed by atoms with van der Waals surface area (Å²) in [6.45, 7) is 4.85. The van der Waals surface area contributed by atoms with Crippen molar-refractivity contribution in [1.29, 1.82) is 0 Å². The Morgan fingerprint density at radius 1 is 0.305 bits per heavy atom. The fourth-order valence-corrected chi connectivity index (χ4v) is 10.9. The Kier molecular flexibility index (Phi) is 7.50. The molecule has 0 aliphatic heterocycles. The van der Waals surface area contributed by atoms with Crippen LogP contribution >= 0.6 is 0 Å². The van der Waals surface area contributed by atoms with E-state index in [0.717, 1.165) is 0 Å². The molecule has 0 fully saturated rings. The van der Waals surface area contributed by atoms with Gasteiger partial charge in [-0.05, 0) is 123 Å². The highest BCUT2D eigenvalue weighted by molar-refractivity contribution is 5.93. The summed E-state index contributed by atoms with van der Waals surface area (Å²) in [5, 5.41) is 0. The summed E-state index contributed by atoms with van der Waals surface area (Å²) in [4.78, 5) is 0. The van der Waals surface area contributed by atoms with E-state index >= 15 is 0 Å². The minimum absolute atomic E-state index is 0.115. The molecule has 0 bridgehead atoms. The van der Waals surface area contributed by atoms with Gasteiger partial charge in [-0.3, -0.25) is 0 Å². The van der Waals surface area contributed by atoms with Crippen molar-refractivity contribution in [3.8, 4) is 66.8 Å². The standard InChI is InChI=1S/C59H42/c1-59(2)54-20-12-11-18-46(54)51-34-33-50-53-36-44(30-32-49(53)56(57(50)58(51)59)42-27-23-40(24-28-42)38-15-7-4-8-16-38)43-29-31-48-52(35-43)45-17-9-10-19-47(45)55(48)41-25-21-39(22-26-41)37-13-5-3-6-14-37/h3-36,55-56H,1-2H3. The Bertz CT molecular complexity index is 3090. The van der Waals surface area contributed by atoms with Gasteiger partial charge in [-0.1, -0.05) is 208 Å². The first kappa shape index (κ1) is 34.1. The van der Waals surface area contributed by atoms with Gasteiger partial charge < -0.3 is 0 Å². The van der Waals surface area contributed by atoms with E-state index in [1.165, 1.54) is 111 Å². The Hall–Kier alpha value is -7.02. The highest BCUT2D eigenvalue weighted by Crippen LogP contribution is 2.59. The molecule has 9 aromatic rings. The molecule has 0 N–H and O–H groups in total. The lowest BCUT2D eigenvalue weighted by molar-refractivity contribution is 0.650. The second-order valence-electron chi connectivity index (χ2n) is 17.2. The number of hydrogen-bond donors (Lipinski definition) is 0. The van der Waals surface area contributed by atoms with Crippen LogP contribution in [0.3, 0.4) is 0 Å². The van der Waals surface area contributed by atoms with Crippen molar-refractivity contribution in [3.05, 3.63) is 251 Å². The maximum atomic E-state index is 2.48. The summed E-state index contributed by atoms with van der Waals surface area (Å²) in [5.74, 6) is 0.346. The van der Waals surface area contributed by atoms with Crippen LogP contribution in [0.4, 0.5) is 0 Å². The molecule has 12 rings (SSSR count). The van der Waals surface area contributed by atoms with Gasteiger partial charge in [0.1, 0.15) is 0 Å². The summed E-state index contributed by atoms with van der Waals surface area (Å²) in [7, 11) is 0. The molecule has 0 heterocycles. The summed E-state index contributed by atoms with van der Waals surface area (Å²) >= 11 is 0. The van der Waals surface area contributed by atoms with Crippen molar-refractivity contribution in [3.63, 3.8) is 0 Å². The lowest BCUT2D eigenvalue weighted by atomic mass is 9.75. The molecule has 2 atom stereocenters. The van der Waals surface area contributed by atoms with Crippen LogP contribution in [-0.4, -0.2) is 0 Å². The van der Waals surface area contributed by atoms with Crippen LogP contribution in [0.25, 0.3) is 66.8 Å². The van der Waals surface area contributed by atoms with Crippen LogP contribution in [0.2, 0.25) is 0 Å². The van der Waals surface area contributed by atoms with Crippen LogP contribution in [-0.2, 0) is 5.41 Å². The molecular weight excluding hydrogens is 709 g/mol. The molecular formula is C59H42. The maximum absolute atomic E-state index is 2.48. The average molecular weight is 751 g/mol. The van der Waals surface area contributed by atoms with E-state index in [0.29, 0.717) is 0 Å². The molecule has 3 aliphatic carbocycles. The molecule has 0 aromatic heterocycles. The first-order valence-corrected chi connectivity index (χ1v) is 21.0. The van der Waals surface area contributed by atoms with Crippen LogP contribution in [0.15, 0.2) is 206 Å². The Morgan fingerprint density at radius 2 is 0.746 bits per heavy atom. The second-order valence-corrected chi connectivity index (χ2v) is 17.2. The van der Waals surface area contributed by atoms with Crippen molar-refractivity contribution in [2.24, 2.45) is 0 Å². The Balaban J connectivity index is 0.978. The van der Waals surface area contributed by atoms with E-state index in [2.05, 4.69) is 220 Å². The van der Waals surface area contributed by atoms with Gasteiger partial charge in [0.2, 0.25) is 0 Å². The van der Waals surface area contributed by atoms with Crippen molar-refractivity contribution in [2.45, 2.75) is 31.1 Å². The van der Waals surface area contributed by atoms with Gasteiger partial charge in [0.25, 0.3) is 0 Å². The van der Waals surface area contributed by atoms with Crippen molar-refractivity contribution in [2.75, 3.05) is 0 Å². The molecule has 0 spiro atoms. The third-order valence-electron chi connectivity index (χ3n) is 13.7. The quantitative estimate of drug-likeness (QED) is 0.164. The minimum Gasteiger partial charge on any atom is -0.0622 e. The summed E-state index contributed by atoms with van der Waals surface area (Å²) in [5.41, 5.74) is 26.7. The summed E-state index contributed by atoms with van der Waals surface area (Å²) in [6.07, 6.45) is 0. The molecule has 2 unspecified atom stereocenters. The lowest BCUT2D eigenvalue weighted by Gasteiger charge is -2.27. The van der Waals surface area contributed by atoms with Gasteiger partial charge in [0.15, 0.2) is 0 Å². The van der Waals surface area contributed by atoms with Gasteiger partial charge >= 0.3 is 0 Å². The van der Waals surface area contributed by atoms with E-state index in [9.17, 15) is 0 Å². The van der Waals surface area contributed by atoms with Gasteiger partial charge in [0.05, 0.1) is 0 Å². The van der Waals surface area contributed by atoms with E-state index in [1.807, 2.05) is 0 Å². The van der Waals surface area contributed by atoms with E-state index < -0.39 is 0 Å². The molecule has 0 radical (unpaired) electrons. The zero-order valence-electron chi connectivity index (χ0n) is 33.3. The van der Waals surface area contributed by atoms with Crippen molar-refractivity contribution >= 4 is 0 Å². The van der Waals surface area contributed by atoms with Crippen LogP contribution in [0.1, 0.15) is 70.2 Å². The van der Waals surface area contributed by atoms with E-state index in [4.69, 9.17) is 0 Å². The van der Waals surface area contributed by atoms with E-state index in [1.54, 1.807) is 0 Å². The first-order chi connectivity index (χ1) is 29.0. The Labute approximate surface area is 347 Å². The third kappa shape index (κ3) is 5.16. The monoisotopic (exact) mass is 750 g/mol. The third-order valence-corrected chi connectivity index (χ3v) is 13.7. The zero-order valence-corrected chi connectivity index (χ0v) is 33.3. The number of rotatable bonds is 5. The lowest BCUT2D eigenvalue weighted by Crippen LogP contribution is -2.18. The molecule has 0 saturated heterocycles. The largest absolute Gasteiger partial charge is 0.0622 e. The SMILES string of the molecule is CC1(C)c2ccccc2-c2ccc3c(c21)C(c1ccc(-c2ccccc2)cc1)c1ccc(-c2ccc4c(c2)-c2ccccc2C4c2ccc(-c4ccccc4)cc2)cc1-3. The normalized spacial score (nSPS) is 16.1.